The molecule has 0 amide bonds. The van der Waals surface area contributed by atoms with Gasteiger partial charge < -0.3 is 4.42 Å². The van der Waals surface area contributed by atoms with Crippen LogP contribution in [0.4, 0.5) is 0 Å². The van der Waals surface area contributed by atoms with E-state index in [2.05, 4.69) is 94.4 Å². The molecule has 2 aliphatic carbocycles. The van der Waals surface area contributed by atoms with Crippen LogP contribution in [0.3, 0.4) is 0 Å². The number of fused-ring (bicyclic) bond motifs is 11. The zero-order valence-electron chi connectivity index (χ0n) is 24.3. The van der Waals surface area contributed by atoms with Crippen LogP contribution in [-0.4, -0.2) is 4.98 Å². The molecule has 4 aromatic carbocycles. The van der Waals surface area contributed by atoms with Crippen LogP contribution in [0.25, 0.3) is 54.7 Å². The van der Waals surface area contributed by atoms with Crippen molar-refractivity contribution in [1.29, 1.82) is 0 Å². The number of pyridine rings is 1. The van der Waals surface area contributed by atoms with E-state index in [9.17, 15) is 1.37 Å². The van der Waals surface area contributed by atoms with Crippen LogP contribution in [0, 0.1) is 0 Å². The molecule has 2 aliphatic rings. The van der Waals surface area contributed by atoms with E-state index in [0.29, 0.717) is 0 Å². The molecule has 194 valence electrons. The number of benzene rings is 4. The highest BCUT2D eigenvalue weighted by Gasteiger charge is 2.48. The van der Waals surface area contributed by atoms with Crippen LogP contribution >= 0.6 is 0 Å². The molecule has 2 aromatic heterocycles. The Bertz CT molecular complexity index is 2000. The summed E-state index contributed by atoms with van der Waals surface area (Å²) in [5.41, 5.74) is 7.60. The maximum atomic E-state index is 9.19. The lowest BCUT2D eigenvalue weighted by Gasteiger charge is -2.47. The highest BCUT2D eigenvalue weighted by atomic mass is 16.3. The van der Waals surface area contributed by atoms with E-state index in [1.54, 1.807) is 0 Å². The molecule has 1 saturated carbocycles. The molecule has 8 rings (SSSR count). The van der Waals surface area contributed by atoms with Gasteiger partial charge in [0.05, 0.1) is 5.69 Å². The molecule has 2 heterocycles. The fourth-order valence-electron chi connectivity index (χ4n) is 7.52. The molecule has 0 saturated heterocycles. The second-order valence-corrected chi connectivity index (χ2v) is 12.8. The normalized spacial score (nSPS) is 19.7. The lowest BCUT2D eigenvalue weighted by Crippen LogP contribution is -2.43. The maximum absolute atomic E-state index is 9.19. The van der Waals surface area contributed by atoms with Gasteiger partial charge in [-0.25, -0.2) is 0 Å². The monoisotopic (exact) mass is 510 g/mol. The van der Waals surface area contributed by atoms with Crippen LogP contribution in [0.1, 0.15) is 83.8 Å². The Morgan fingerprint density at radius 2 is 1.49 bits per heavy atom. The third kappa shape index (κ3) is 3.06. The fraction of sp³-hybridized carbons (Fsp3) is 0.324. The first-order valence-corrected chi connectivity index (χ1v) is 14.5. The fourth-order valence-corrected chi connectivity index (χ4v) is 7.52. The SMILES string of the molecule is [2H]C1(c2ccc3c(ccc4ccc5c6ccc7c(c6oc5c43)C(C)(C)C(C)(C)c3cccnc3-7)c2)CCCCC1. The van der Waals surface area contributed by atoms with Gasteiger partial charge >= 0.3 is 0 Å². The van der Waals surface area contributed by atoms with Gasteiger partial charge in [-0.05, 0) is 64.2 Å². The van der Waals surface area contributed by atoms with Crippen molar-refractivity contribution in [2.24, 2.45) is 0 Å². The molecule has 0 radical (unpaired) electrons. The largest absolute Gasteiger partial charge is 0.455 e. The van der Waals surface area contributed by atoms with Crippen molar-refractivity contribution in [3.8, 4) is 11.3 Å². The lowest BCUT2D eigenvalue weighted by molar-refractivity contribution is 0.298. The van der Waals surface area contributed by atoms with Crippen molar-refractivity contribution in [1.82, 2.24) is 4.98 Å². The molecule has 0 unspecified atom stereocenters. The van der Waals surface area contributed by atoms with E-state index in [-0.39, 0.29) is 10.8 Å². The van der Waals surface area contributed by atoms with Gasteiger partial charge in [0.2, 0.25) is 0 Å². The molecule has 2 heteroatoms. The van der Waals surface area contributed by atoms with Gasteiger partial charge in [0.25, 0.3) is 0 Å². The van der Waals surface area contributed by atoms with Crippen LogP contribution in [-0.2, 0) is 10.8 Å². The van der Waals surface area contributed by atoms with Gasteiger partial charge in [-0.15, -0.1) is 0 Å². The summed E-state index contributed by atoms with van der Waals surface area (Å²) in [4.78, 5) is 4.87. The molecule has 0 atom stereocenters. The van der Waals surface area contributed by atoms with Gasteiger partial charge in [0.15, 0.2) is 0 Å². The molecule has 1 fully saturated rings. The first-order valence-electron chi connectivity index (χ1n) is 15.0. The van der Waals surface area contributed by atoms with Gasteiger partial charge in [-0.3, -0.25) is 4.98 Å². The molecule has 0 spiro atoms. The van der Waals surface area contributed by atoms with Gasteiger partial charge in [-0.1, -0.05) is 95.5 Å². The summed E-state index contributed by atoms with van der Waals surface area (Å²) < 4.78 is 16.2. The van der Waals surface area contributed by atoms with E-state index in [0.717, 1.165) is 53.5 Å². The van der Waals surface area contributed by atoms with E-state index in [4.69, 9.17) is 9.40 Å². The zero-order valence-corrected chi connectivity index (χ0v) is 23.3. The Hall–Kier alpha value is -3.65. The van der Waals surface area contributed by atoms with Crippen molar-refractivity contribution in [3.63, 3.8) is 0 Å². The summed E-state index contributed by atoms with van der Waals surface area (Å²) in [6.45, 7) is 9.38. The van der Waals surface area contributed by atoms with Crippen LogP contribution in [0.2, 0.25) is 0 Å². The highest BCUT2D eigenvalue weighted by molar-refractivity contribution is 6.23. The molecule has 2 nitrogen and oxygen atoms in total. The van der Waals surface area contributed by atoms with Gasteiger partial charge in [-0.2, -0.15) is 0 Å². The summed E-state index contributed by atoms with van der Waals surface area (Å²) >= 11 is 0. The maximum Gasteiger partial charge on any atom is 0.143 e. The van der Waals surface area contributed by atoms with Crippen LogP contribution < -0.4 is 0 Å². The summed E-state index contributed by atoms with van der Waals surface area (Å²) in [5, 5.41) is 7.07. The average Bonchev–Trinajstić information content (AvgIpc) is 3.34. The van der Waals surface area contributed by atoms with Gasteiger partial charge in [0.1, 0.15) is 11.2 Å². The van der Waals surface area contributed by atoms with E-state index >= 15 is 0 Å². The molecular weight excluding hydrogens is 474 g/mol. The molecular formula is C37H35NO. The molecule has 39 heavy (non-hydrogen) atoms. The van der Waals surface area contributed by atoms with Crippen molar-refractivity contribution >= 4 is 43.5 Å². The number of hydrogen-bond donors (Lipinski definition) is 0. The third-order valence-corrected chi connectivity index (χ3v) is 10.4. The average molecular weight is 511 g/mol. The Labute approximate surface area is 231 Å². The molecule has 0 bridgehead atoms. The summed E-state index contributed by atoms with van der Waals surface area (Å²) in [6, 6.07) is 24.4. The summed E-state index contributed by atoms with van der Waals surface area (Å²) in [5.74, 6) is -0.464. The van der Waals surface area contributed by atoms with E-state index in [1.807, 2.05) is 6.20 Å². The first-order chi connectivity index (χ1) is 19.2. The van der Waals surface area contributed by atoms with Crippen LogP contribution in [0.5, 0.6) is 0 Å². The predicted molar refractivity (Wildman–Crippen MR) is 164 cm³/mol. The Morgan fingerprint density at radius 1 is 0.769 bits per heavy atom. The number of rotatable bonds is 1. The Balaban J connectivity index is 1.43. The lowest BCUT2D eigenvalue weighted by atomic mass is 9.56. The molecule has 6 aromatic rings. The Morgan fingerprint density at radius 3 is 2.33 bits per heavy atom. The Kier molecular flexibility index (Phi) is 4.52. The van der Waals surface area contributed by atoms with Gasteiger partial charge in [0, 0.05) is 45.7 Å². The number of hydrogen-bond acceptors (Lipinski definition) is 2. The molecule has 0 N–H and O–H groups in total. The third-order valence-electron chi connectivity index (χ3n) is 10.4. The van der Waals surface area contributed by atoms with E-state index < -0.39 is 5.89 Å². The smallest absolute Gasteiger partial charge is 0.143 e. The van der Waals surface area contributed by atoms with Crippen molar-refractivity contribution < 1.29 is 5.79 Å². The van der Waals surface area contributed by atoms with Crippen LogP contribution in [0.15, 0.2) is 77.3 Å². The van der Waals surface area contributed by atoms with Crippen molar-refractivity contribution in [3.05, 3.63) is 89.6 Å². The van der Waals surface area contributed by atoms with E-state index in [1.165, 1.54) is 50.0 Å². The minimum absolute atomic E-state index is 0.118. The summed E-state index contributed by atoms with van der Waals surface area (Å²) in [6.07, 6.45) is 7.36. The minimum atomic E-state index is -0.464. The second kappa shape index (κ2) is 7.94. The number of nitrogens with zero attached hydrogens (tertiary/aromatic N) is 1. The number of furan rings is 1. The predicted octanol–water partition coefficient (Wildman–Crippen LogP) is 10.6. The zero-order chi connectivity index (χ0) is 27.4. The standard InChI is InChI=1S/C37H35NO/c1-36(2)30-11-8-20-38-33(30)29-19-18-28-27-17-14-23-12-13-25-21-24(22-9-6-5-7-10-22)15-16-26(25)31(23)34(27)39-35(28)32(29)37(36,3)4/h8,11-22H,5-7,9-10H2,1-4H3/i22D. The summed E-state index contributed by atoms with van der Waals surface area (Å²) in [7, 11) is 0. The molecule has 0 aliphatic heterocycles. The quantitative estimate of drug-likeness (QED) is 0.206. The number of aromatic nitrogens is 1. The van der Waals surface area contributed by atoms with Crippen molar-refractivity contribution in [2.45, 2.75) is 76.5 Å². The minimum Gasteiger partial charge on any atom is -0.455 e. The van der Waals surface area contributed by atoms with Crippen molar-refractivity contribution in [2.75, 3.05) is 0 Å². The topological polar surface area (TPSA) is 26.0 Å². The highest BCUT2D eigenvalue weighted by Crippen LogP contribution is 2.56. The second-order valence-electron chi connectivity index (χ2n) is 12.8. The first kappa shape index (κ1) is 22.2.